The summed E-state index contributed by atoms with van der Waals surface area (Å²) in [6, 6.07) is 0. The molecular formula is C33H58O2. The first-order chi connectivity index (χ1) is 16.4. The van der Waals surface area contributed by atoms with Crippen LogP contribution in [0.4, 0.5) is 0 Å². The standard InChI is InChI=1S/C33H58O2/c1-7-33(35)19-18-31(5)24(21-33)8-9-25-27-11-10-26(32(27,6)17-14-28(25)31)22(2)29(34)20-23-12-15-30(3,4)16-13-23/h22-29,34-35H,7-21H2,1-6H3/t22-,24+,25-,26+,27-,28-,29-,31-,32+,33-/m0/s1. The van der Waals surface area contributed by atoms with Crippen LogP contribution < -0.4 is 0 Å². The van der Waals surface area contributed by atoms with Crippen molar-refractivity contribution in [2.45, 2.75) is 150 Å². The minimum Gasteiger partial charge on any atom is -0.393 e. The highest BCUT2D eigenvalue weighted by Crippen LogP contribution is 2.69. The molecule has 0 unspecified atom stereocenters. The average Bonchev–Trinajstić information content (AvgIpc) is 3.17. The van der Waals surface area contributed by atoms with Crippen molar-refractivity contribution < 1.29 is 10.2 Å². The minimum absolute atomic E-state index is 0.113. The number of hydrogen-bond donors (Lipinski definition) is 2. The molecule has 0 amide bonds. The molecule has 0 aromatic rings. The van der Waals surface area contributed by atoms with E-state index in [4.69, 9.17) is 0 Å². The zero-order valence-electron chi connectivity index (χ0n) is 24.1. The van der Waals surface area contributed by atoms with E-state index in [1.165, 1.54) is 70.6 Å². The van der Waals surface area contributed by atoms with Gasteiger partial charge in [-0.25, -0.2) is 0 Å². The van der Waals surface area contributed by atoms with Crippen LogP contribution >= 0.6 is 0 Å². The third-order valence-corrected chi connectivity index (χ3v) is 13.8. The van der Waals surface area contributed by atoms with Gasteiger partial charge in [-0.05, 0) is 154 Å². The molecule has 0 aliphatic heterocycles. The molecular weight excluding hydrogens is 428 g/mol. The first-order valence-electron chi connectivity index (χ1n) is 15.8. The maximum atomic E-state index is 11.4. The first-order valence-corrected chi connectivity index (χ1v) is 15.8. The average molecular weight is 487 g/mol. The van der Waals surface area contributed by atoms with Crippen LogP contribution in [0.25, 0.3) is 0 Å². The third-order valence-electron chi connectivity index (χ3n) is 13.8. The summed E-state index contributed by atoms with van der Waals surface area (Å²) in [5.74, 6) is 5.22. The Balaban J connectivity index is 1.25. The zero-order chi connectivity index (χ0) is 25.2. The van der Waals surface area contributed by atoms with E-state index in [-0.39, 0.29) is 6.10 Å². The molecule has 0 aromatic carbocycles. The molecule has 0 spiro atoms. The van der Waals surface area contributed by atoms with Crippen LogP contribution in [-0.2, 0) is 0 Å². The molecule has 5 aliphatic carbocycles. The Bertz CT molecular complexity index is 750. The molecule has 5 rings (SSSR count). The van der Waals surface area contributed by atoms with Gasteiger partial charge in [0.2, 0.25) is 0 Å². The maximum Gasteiger partial charge on any atom is 0.0648 e. The summed E-state index contributed by atoms with van der Waals surface area (Å²) >= 11 is 0. The lowest BCUT2D eigenvalue weighted by molar-refractivity contribution is -0.154. The van der Waals surface area contributed by atoms with Gasteiger partial charge in [0.05, 0.1) is 11.7 Å². The van der Waals surface area contributed by atoms with Crippen LogP contribution in [-0.4, -0.2) is 21.9 Å². The number of aliphatic hydroxyl groups excluding tert-OH is 1. The zero-order valence-corrected chi connectivity index (χ0v) is 24.1. The van der Waals surface area contributed by atoms with E-state index < -0.39 is 5.60 Å². The Morgan fingerprint density at radius 2 is 1.46 bits per heavy atom. The van der Waals surface area contributed by atoms with Gasteiger partial charge in [-0.3, -0.25) is 0 Å². The highest BCUT2D eigenvalue weighted by Gasteiger charge is 2.61. The van der Waals surface area contributed by atoms with Gasteiger partial charge in [-0.1, -0.05) is 41.5 Å². The fraction of sp³-hybridized carbons (Fsp3) is 1.00. The third kappa shape index (κ3) is 4.57. The lowest BCUT2D eigenvalue weighted by atomic mass is 9.43. The van der Waals surface area contributed by atoms with Crippen molar-refractivity contribution in [1.82, 2.24) is 0 Å². The summed E-state index contributed by atoms with van der Waals surface area (Å²) in [5, 5.41) is 22.5. The fourth-order valence-corrected chi connectivity index (χ4v) is 11.1. The van der Waals surface area contributed by atoms with Gasteiger partial charge < -0.3 is 10.2 Å². The first kappa shape index (κ1) is 26.5. The number of rotatable bonds is 5. The molecule has 5 fully saturated rings. The van der Waals surface area contributed by atoms with Gasteiger partial charge in [0.1, 0.15) is 0 Å². The summed E-state index contributed by atoms with van der Waals surface area (Å²) in [6.45, 7) is 14.7. The van der Waals surface area contributed by atoms with Crippen LogP contribution in [0.3, 0.4) is 0 Å². The molecule has 5 saturated carbocycles. The number of fused-ring (bicyclic) bond motifs is 5. The Kier molecular flexibility index (Phi) is 7.04. The Morgan fingerprint density at radius 3 is 2.14 bits per heavy atom. The second-order valence-electron chi connectivity index (χ2n) is 15.9. The highest BCUT2D eigenvalue weighted by atomic mass is 16.3. The van der Waals surface area contributed by atoms with Gasteiger partial charge in [0.25, 0.3) is 0 Å². The molecule has 0 aromatic heterocycles. The summed E-state index contributed by atoms with van der Waals surface area (Å²) in [5.41, 5.74) is 1.00. The Labute approximate surface area is 217 Å². The van der Waals surface area contributed by atoms with Crippen molar-refractivity contribution in [3.63, 3.8) is 0 Å². The van der Waals surface area contributed by atoms with Crippen molar-refractivity contribution in [2.75, 3.05) is 0 Å². The Morgan fingerprint density at radius 1 is 0.771 bits per heavy atom. The lowest BCUT2D eigenvalue weighted by Gasteiger charge is -2.62. The molecule has 0 radical (unpaired) electrons. The van der Waals surface area contributed by atoms with Crippen LogP contribution in [0, 0.1) is 57.7 Å². The molecule has 10 atom stereocenters. The van der Waals surface area contributed by atoms with E-state index in [2.05, 4.69) is 41.5 Å². The lowest BCUT2D eigenvalue weighted by Crippen LogP contribution is -2.56. The highest BCUT2D eigenvalue weighted by molar-refractivity contribution is 5.11. The van der Waals surface area contributed by atoms with Gasteiger partial charge in [0.15, 0.2) is 0 Å². The van der Waals surface area contributed by atoms with Crippen LogP contribution in [0.2, 0.25) is 0 Å². The van der Waals surface area contributed by atoms with Crippen molar-refractivity contribution in [3.05, 3.63) is 0 Å². The smallest absolute Gasteiger partial charge is 0.0648 e. The quantitative estimate of drug-likeness (QED) is 0.409. The van der Waals surface area contributed by atoms with Gasteiger partial charge in [-0.15, -0.1) is 0 Å². The van der Waals surface area contributed by atoms with E-state index in [0.717, 1.165) is 55.3 Å². The molecule has 35 heavy (non-hydrogen) atoms. The summed E-state index contributed by atoms with van der Waals surface area (Å²) < 4.78 is 0. The maximum absolute atomic E-state index is 11.4. The largest absolute Gasteiger partial charge is 0.393 e. The fourth-order valence-electron chi connectivity index (χ4n) is 11.1. The molecule has 5 aliphatic rings. The molecule has 202 valence electrons. The Hall–Kier alpha value is -0.0800. The topological polar surface area (TPSA) is 40.5 Å². The van der Waals surface area contributed by atoms with E-state index in [1.807, 2.05) is 0 Å². The van der Waals surface area contributed by atoms with E-state index in [1.54, 1.807) is 0 Å². The van der Waals surface area contributed by atoms with Crippen LogP contribution in [0.1, 0.15) is 138 Å². The van der Waals surface area contributed by atoms with Gasteiger partial charge in [-0.2, -0.15) is 0 Å². The predicted octanol–water partition coefficient (Wildman–Crippen LogP) is 8.39. The predicted molar refractivity (Wildman–Crippen MR) is 146 cm³/mol. The van der Waals surface area contributed by atoms with E-state index in [0.29, 0.717) is 28.1 Å². The summed E-state index contributed by atoms with van der Waals surface area (Å²) in [4.78, 5) is 0. The second kappa shape index (κ2) is 9.29. The van der Waals surface area contributed by atoms with E-state index >= 15 is 0 Å². The second-order valence-corrected chi connectivity index (χ2v) is 15.9. The molecule has 2 N–H and O–H groups in total. The summed E-state index contributed by atoms with van der Waals surface area (Å²) in [6.07, 6.45) is 18.7. The molecule has 0 heterocycles. The van der Waals surface area contributed by atoms with Crippen LogP contribution in [0.5, 0.6) is 0 Å². The van der Waals surface area contributed by atoms with Crippen molar-refractivity contribution in [2.24, 2.45) is 57.7 Å². The van der Waals surface area contributed by atoms with Crippen molar-refractivity contribution in [1.29, 1.82) is 0 Å². The van der Waals surface area contributed by atoms with Crippen molar-refractivity contribution in [3.8, 4) is 0 Å². The summed E-state index contributed by atoms with van der Waals surface area (Å²) in [7, 11) is 0. The van der Waals surface area contributed by atoms with E-state index in [9.17, 15) is 10.2 Å². The molecule has 0 bridgehead atoms. The van der Waals surface area contributed by atoms with Gasteiger partial charge in [0, 0.05) is 0 Å². The van der Waals surface area contributed by atoms with Crippen LogP contribution in [0.15, 0.2) is 0 Å². The van der Waals surface area contributed by atoms with Gasteiger partial charge >= 0.3 is 0 Å². The normalized spacial score (nSPS) is 49.5. The number of hydrogen-bond acceptors (Lipinski definition) is 2. The molecule has 0 saturated heterocycles. The van der Waals surface area contributed by atoms with Crippen molar-refractivity contribution >= 4 is 0 Å². The minimum atomic E-state index is -0.391. The molecule has 2 nitrogen and oxygen atoms in total. The molecule has 2 heteroatoms. The SMILES string of the molecule is CC[C@]1(O)CC[C@@]2(C)[C@H](CC[C@@H]3[C@@H]2CC[C@]2(C)[C@@H]([C@H](C)[C@@H](O)CC4CCC(C)(C)CC4)CC[C@@H]32)C1. The monoisotopic (exact) mass is 486 g/mol. The number of aliphatic hydroxyl groups is 2.